The van der Waals surface area contributed by atoms with Gasteiger partial charge in [0, 0.05) is 32.4 Å². The highest BCUT2D eigenvalue weighted by Crippen LogP contribution is 2.31. The minimum Gasteiger partial charge on any atom is -0.477 e. The van der Waals surface area contributed by atoms with Gasteiger partial charge in [0.2, 0.25) is 0 Å². The number of carboxylic acid groups (broad SMARTS) is 1. The molecule has 3 aromatic rings. The number of hydrogen-bond acceptors (Lipinski definition) is 5. The lowest BCUT2D eigenvalue weighted by Crippen LogP contribution is -2.38. The normalized spacial score (nSPS) is 17.5. The van der Waals surface area contributed by atoms with Crippen LogP contribution in [0, 0.1) is 0 Å². The smallest absolute Gasteiger partial charge is 0.346 e. The standard InChI is InChI=1S/C24H26N4O4S/c29-22(18-7-13-33-21(18)24(31)32)27-10-4-16(5-11-27)17-6-12-28-20(14-17)19(15-25-28)23(30)26-8-2-1-3-9-26/h6-7,12-16H,1-5,8-11H2,(H,31,32). The summed E-state index contributed by atoms with van der Waals surface area (Å²) in [4.78, 5) is 41.0. The van der Waals surface area contributed by atoms with Gasteiger partial charge in [-0.15, -0.1) is 11.3 Å². The molecule has 0 aromatic carbocycles. The molecule has 2 aliphatic rings. The molecule has 33 heavy (non-hydrogen) atoms. The van der Waals surface area contributed by atoms with Crippen molar-refractivity contribution in [2.45, 2.75) is 38.0 Å². The van der Waals surface area contributed by atoms with Crippen LogP contribution in [-0.2, 0) is 0 Å². The molecule has 2 saturated heterocycles. The number of thiophene rings is 1. The molecule has 0 spiro atoms. The fourth-order valence-electron chi connectivity index (χ4n) is 4.91. The molecule has 8 nitrogen and oxygen atoms in total. The van der Waals surface area contributed by atoms with Crippen molar-refractivity contribution in [3.05, 3.63) is 57.5 Å². The van der Waals surface area contributed by atoms with Crippen molar-refractivity contribution >= 4 is 34.6 Å². The first-order chi connectivity index (χ1) is 16.0. The van der Waals surface area contributed by atoms with Crippen molar-refractivity contribution in [3.63, 3.8) is 0 Å². The van der Waals surface area contributed by atoms with Crippen LogP contribution in [0.2, 0.25) is 0 Å². The Bertz CT molecular complexity index is 1200. The van der Waals surface area contributed by atoms with E-state index in [-0.39, 0.29) is 28.2 Å². The zero-order valence-electron chi connectivity index (χ0n) is 18.3. The van der Waals surface area contributed by atoms with Crippen molar-refractivity contribution in [2.24, 2.45) is 0 Å². The fraction of sp³-hybridized carbons (Fsp3) is 0.417. The van der Waals surface area contributed by atoms with E-state index in [2.05, 4.69) is 11.2 Å². The molecule has 2 amide bonds. The molecule has 9 heteroatoms. The van der Waals surface area contributed by atoms with Crippen LogP contribution in [0.25, 0.3) is 5.52 Å². The molecule has 0 aliphatic carbocycles. The summed E-state index contributed by atoms with van der Waals surface area (Å²) >= 11 is 1.08. The van der Waals surface area contributed by atoms with Crippen LogP contribution in [0.3, 0.4) is 0 Å². The first-order valence-corrected chi connectivity index (χ1v) is 12.3. The SMILES string of the molecule is O=C(O)c1sccc1C(=O)N1CCC(c2ccn3ncc(C(=O)N4CCCCC4)c3c2)CC1. The maximum absolute atomic E-state index is 13.1. The number of fused-ring (bicyclic) bond motifs is 1. The molecule has 3 aromatic heterocycles. The number of likely N-dealkylation sites (tertiary alicyclic amines) is 2. The van der Waals surface area contributed by atoms with Gasteiger partial charge in [-0.05, 0) is 67.2 Å². The van der Waals surface area contributed by atoms with Gasteiger partial charge in [-0.2, -0.15) is 5.10 Å². The third kappa shape index (κ3) is 4.13. The van der Waals surface area contributed by atoms with Crippen LogP contribution >= 0.6 is 11.3 Å². The molecule has 0 atom stereocenters. The minimum atomic E-state index is -1.06. The topological polar surface area (TPSA) is 95.2 Å². The molecular formula is C24H26N4O4S. The Morgan fingerprint density at radius 3 is 2.36 bits per heavy atom. The molecule has 1 N–H and O–H groups in total. The second kappa shape index (κ2) is 8.97. The first-order valence-electron chi connectivity index (χ1n) is 11.4. The zero-order chi connectivity index (χ0) is 22.9. The van der Waals surface area contributed by atoms with Gasteiger partial charge in [-0.3, -0.25) is 9.59 Å². The third-order valence-electron chi connectivity index (χ3n) is 6.76. The number of rotatable bonds is 4. The predicted octanol–water partition coefficient (Wildman–Crippen LogP) is 3.74. The van der Waals surface area contributed by atoms with E-state index in [1.807, 2.05) is 17.2 Å². The van der Waals surface area contributed by atoms with E-state index in [9.17, 15) is 19.5 Å². The number of carboxylic acids is 1. The van der Waals surface area contributed by atoms with Gasteiger partial charge in [-0.1, -0.05) is 0 Å². The summed E-state index contributed by atoms with van der Waals surface area (Å²) in [5, 5.41) is 15.3. The van der Waals surface area contributed by atoms with Gasteiger partial charge < -0.3 is 14.9 Å². The Labute approximate surface area is 195 Å². The highest BCUT2D eigenvalue weighted by molar-refractivity contribution is 7.12. The van der Waals surface area contributed by atoms with Crippen molar-refractivity contribution in [1.29, 1.82) is 0 Å². The maximum Gasteiger partial charge on any atom is 0.346 e. The molecule has 2 fully saturated rings. The number of pyridine rings is 1. The van der Waals surface area contributed by atoms with Gasteiger partial charge in [0.1, 0.15) is 4.88 Å². The average Bonchev–Trinajstić information content (AvgIpc) is 3.51. The number of nitrogens with zero attached hydrogens (tertiary/aromatic N) is 4. The van der Waals surface area contributed by atoms with Crippen LogP contribution < -0.4 is 0 Å². The number of aromatic carboxylic acids is 1. The van der Waals surface area contributed by atoms with E-state index in [0.29, 0.717) is 18.7 Å². The number of carbonyl (C=O) groups excluding carboxylic acids is 2. The third-order valence-corrected chi connectivity index (χ3v) is 7.67. The number of amides is 2. The van der Waals surface area contributed by atoms with Gasteiger partial charge >= 0.3 is 5.97 Å². The number of carbonyl (C=O) groups is 3. The summed E-state index contributed by atoms with van der Waals surface area (Å²) in [5.41, 5.74) is 2.88. The molecule has 0 radical (unpaired) electrons. The van der Waals surface area contributed by atoms with Crippen LogP contribution in [0.4, 0.5) is 0 Å². The molecule has 0 saturated carbocycles. The molecule has 172 valence electrons. The Kier molecular flexibility index (Phi) is 5.88. The molecule has 0 bridgehead atoms. The van der Waals surface area contributed by atoms with Gasteiger partial charge in [0.15, 0.2) is 0 Å². The van der Waals surface area contributed by atoms with Gasteiger partial charge in [-0.25, -0.2) is 9.31 Å². The van der Waals surface area contributed by atoms with Gasteiger partial charge in [0.05, 0.1) is 22.8 Å². The second-order valence-electron chi connectivity index (χ2n) is 8.74. The lowest BCUT2D eigenvalue weighted by atomic mass is 9.89. The highest BCUT2D eigenvalue weighted by Gasteiger charge is 2.28. The summed E-state index contributed by atoms with van der Waals surface area (Å²) in [6.45, 7) is 2.75. The predicted molar refractivity (Wildman–Crippen MR) is 124 cm³/mol. The largest absolute Gasteiger partial charge is 0.477 e. The van der Waals surface area contributed by atoms with E-state index in [1.54, 1.807) is 27.1 Å². The second-order valence-corrected chi connectivity index (χ2v) is 9.65. The first kappa shape index (κ1) is 21.6. The quantitative estimate of drug-likeness (QED) is 0.632. The Morgan fingerprint density at radius 2 is 1.64 bits per heavy atom. The van der Waals surface area contributed by atoms with Gasteiger partial charge in [0.25, 0.3) is 11.8 Å². The summed E-state index contributed by atoms with van der Waals surface area (Å²) < 4.78 is 1.75. The Balaban J connectivity index is 1.30. The lowest BCUT2D eigenvalue weighted by Gasteiger charge is -2.32. The zero-order valence-corrected chi connectivity index (χ0v) is 19.1. The summed E-state index contributed by atoms with van der Waals surface area (Å²) in [6, 6.07) is 5.70. The van der Waals surface area contributed by atoms with Crippen LogP contribution in [0.1, 0.15) is 74.0 Å². The van der Waals surface area contributed by atoms with Crippen molar-refractivity contribution in [3.8, 4) is 0 Å². The fourth-order valence-corrected chi connectivity index (χ4v) is 5.64. The van der Waals surface area contributed by atoms with Crippen molar-refractivity contribution < 1.29 is 19.5 Å². The van der Waals surface area contributed by atoms with Crippen LogP contribution in [0.5, 0.6) is 0 Å². The number of hydrogen-bond donors (Lipinski definition) is 1. The minimum absolute atomic E-state index is 0.0484. The van der Waals surface area contributed by atoms with Crippen LogP contribution in [-0.4, -0.2) is 68.5 Å². The molecule has 5 heterocycles. The van der Waals surface area contributed by atoms with Crippen LogP contribution in [0.15, 0.2) is 36.0 Å². The highest BCUT2D eigenvalue weighted by atomic mass is 32.1. The number of aromatic nitrogens is 2. The molecule has 0 unspecified atom stereocenters. The van der Waals surface area contributed by atoms with E-state index >= 15 is 0 Å². The van der Waals surface area contributed by atoms with E-state index in [1.165, 1.54) is 6.42 Å². The van der Waals surface area contributed by atoms with Crippen molar-refractivity contribution in [2.75, 3.05) is 26.2 Å². The number of piperidine rings is 2. The van der Waals surface area contributed by atoms with Crippen molar-refractivity contribution in [1.82, 2.24) is 19.4 Å². The molecule has 5 rings (SSSR count). The lowest BCUT2D eigenvalue weighted by molar-refractivity contribution is 0.0667. The van der Waals surface area contributed by atoms with E-state index in [0.717, 1.165) is 61.2 Å². The summed E-state index contributed by atoms with van der Waals surface area (Å²) in [7, 11) is 0. The van der Waals surface area contributed by atoms with E-state index in [4.69, 9.17) is 0 Å². The monoisotopic (exact) mass is 466 g/mol. The van der Waals surface area contributed by atoms with E-state index < -0.39 is 5.97 Å². The maximum atomic E-state index is 13.1. The summed E-state index contributed by atoms with van der Waals surface area (Å²) in [5.74, 6) is -0.958. The Morgan fingerprint density at radius 1 is 0.939 bits per heavy atom. The molecular weight excluding hydrogens is 440 g/mol. The summed E-state index contributed by atoms with van der Waals surface area (Å²) in [6.07, 6.45) is 8.42. The Hall–Kier alpha value is -3.20. The average molecular weight is 467 g/mol. The molecule has 2 aliphatic heterocycles.